The van der Waals surface area contributed by atoms with Crippen molar-refractivity contribution in [2.24, 2.45) is 0 Å². The van der Waals surface area contributed by atoms with Gasteiger partial charge in [-0.05, 0) is 94.5 Å². The van der Waals surface area contributed by atoms with Crippen molar-refractivity contribution in [1.82, 2.24) is 0 Å². The van der Waals surface area contributed by atoms with Crippen LogP contribution in [-0.2, 0) is 0 Å². The Kier molecular flexibility index (Phi) is 9.58. The topological polar surface area (TPSA) is 0 Å². The molecule has 8 aromatic rings. The lowest BCUT2D eigenvalue weighted by molar-refractivity contribution is 1.12. The van der Waals surface area contributed by atoms with Gasteiger partial charge in [0.15, 0.2) is 0 Å². The molecule has 0 heterocycles. The van der Waals surface area contributed by atoms with Crippen LogP contribution in [-0.4, -0.2) is 0 Å². The van der Waals surface area contributed by atoms with Gasteiger partial charge in [0.25, 0.3) is 0 Å². The van der Waals surface area contributed by atoms with Crippen molar-refractivity contribution in [3.8, 4) is 0 Å². The molecule has 0 spiro atoms. The van der Waals surface area contributed by atoms with Crippen LogP contribution in [0, 0.1) is 51.4 Å². The van der Waals surface area contributed by atoms with Gasteiger partial charge in [-0.2, -0.15) is 0 Å². The molecule has 1 aliphatic rings. The van der Waals surface area contributed by atoms with Crippen molar-refractivity contribution in [2.75, 3.05) is 0 Å². The van der Waals surface area contributed by atoms with Gasteiger partial charge in [-0.3, -0.25) is 0 Å². The highest BCUT2D eigenvalue weighted by Gasteiger charge is 2.29. The monoisotopic (exact) mass is 716 g/mol. The molecular formula is C56H44. The van der Waals surface area contributed by atoms with E-state index in [1.807, 2.05) is 0 Å². The maximum absolute atomic E-state index is 2.42. The molecule has 56 heavy (non-hydrogen) atoms. The highest BCUT2D eigenvalue weighted by atomic mass is 14.3. The van der Waals surface area contributed by atoms with Gasteiger partial charge in [0, 0.05) is 0 Å². The third kappa shape index (κ3) is 7.04. The van der Waals surface area contributed by atoms with E-state index in [0.29, 0.717) is 0 Å². The quantitative estimate of drug-likeness (QED) is 0.170. The van der Waals surface area contributed by atoms with E-state index in [1.54, 1.807) is 0 Å². The molecular weight excluding hydrogens is 673 g/mol. The number of aryl methyl sites for hydroxylation is 4. The van der Waals surface area contributed by atoms with Crippen LogP contribution in [0.2, 0.25) is 0 Å². The molecule has 0 unspecified atom stereocenters. The Balaban J connectivity index is 1.41. The Morgan fingerprint density at radius 2 is 0.339 bits per heavy atom. The summed E-state index contributed by atoms with van der Waals surface area (Å²) in [6.07, 6.45) is 0. The lowest BCUT2D eigenvalue weighted by Crippen LogP contribution is -2.13. The first-order chi connectivity index (χ1) is 27.4. The largest absolute Gasteiger partial charge is 0.0629 e. The van der Waals surface area contributed by atoms with Crippen LogP contribution in [0.25, 0.3) is 0 Å². The van der Waals surface area contributed by atoms with Crippen LogP contribution in [0.5, 0.6) is 0 Å². The van der Waals surface area contributed by atoms with Crippen LogP contribution in [0.3, 0.4) is 0 Å². The fourth-order valence-electron chi connectivity index (χ4n) is 8.71. The van der Waals surface area contributed by atoms with Gasteiger partial charge in [-0.15, -0.1) is 0 Å². The van der Waals surface area contributed by atoms with E-state index in [4.69, 9.17) is 0 Å². The summed E-state index contributed by atoms with van der Waals surface area (Å²) in [6, 6.07) is 72.2. The van der Waals surface area contributed by atoms with E-state index >= 15 is 0 Å². The molecule has 0 amide bonds. The highest BCUT2D eigenvalue weighted by molar-refractivity contribution is 5.70. The standard InChI is InChI=1S/C56H44/c1-37-25-45-33-46(26-37)54(42-19-11-6-12-20-42)48-28-39(3)30-50(35-48)56(44-23-15-8-16-24-44)52-32-40(4)31-51(36-52)55(43-21-13-7-14-22-43)49-29-38(2)27-47(34-49)53(45)41-17-9-5-10-18-41/h5-36H,1-4H3. The van der Waals surface area contributed by atoms with E-state index in [2.05, 4.69) is 222 Å². The zero-order valence-corrected chi connectivity index (χ0v) is 32.5. The van der Waals surface area contributed by atoms with Crippen LogP contribution in [0.1, 0.15) is 89.0 Å². The number of hydrogen-bond acceptors (Lipinski definition) is 0. The summed E-state index contributed by atoms with van der Waals surface area (Å²) < 4.78 is 0. The zero-order chi connectivity index (χ0) is 38.2. The van der Waals surface area contributed by atoms with Crippen molar-refractivity contribution in [1.29, 1.82) is 0 Å². The second-order valence-electron chi connectivity index (χ2n) is 15.3. The van der Waals surface area contributed by atoms with Gasteiger partial charge in [-0.25, -0.2) is 0 Å². The molecule has 0 saturated carbocycles. The zero-order valence-electron chi connectivity index (χ0n) is 32.5. The van der Waals surface area contributed by atoms with Crippen molar-refractivity contribution in [2.45, 2.75) is 27.7 Å². The molecule has 268 valence electrons. The first-order valence-electron chi connectivity index (χ1n) is 19.6. The Bertz CT molecular complexity index is 2160. The molecule has 0 heteroatoms. The molecule has 0 aromatic heterocycles. The summed E-state index contributed by atoms with van der Waals surface area (Å²) in [4.78, 5) is 0. The van der Waals surface area contributed by atoms with E-state index < -0.39 is 0 Å². The predicted molar refractivity (Wildman–Crippen MR) is 233 cm³/mol. The van der Waals surface area contributed by atoms with Gasteiger partial charge in [0.05, 0.1) is 23.7 Å². The molecule has 0 aliphatic heterocycles. The Morgan fingerprint density at radius 1 is 0.179 bits per heavy atom. The summed E-state index contributed by atoms with van der Waals surface area (Å²) in [5.74, 6) is 4.90. The molecule has 0 N–H and O–H groups in total. The second-order valence-corrected chi connectivity index (χ2v) is 15.3. The Hall–Kier alpha value is -6.24. The van der Waals surface area contributed by atoms with Crippen molar-refractivity contribution in [3.05, 3.63) is 307 Å². The fourth-order valence-corrected chi connectivity index (χ4v) is 8.71. The number of benzene rings is 8. The van der Waals surface area contributed by atoms with E-state index in [9.17, 15) is 0 Å². The van der Waals surface area contributed by atoms with E-state index in [1.165, 1.54) is 113 Å². The second kappa shape index (κ2) is 15.1. The maximum atomic E-state index is 2.42. The molecule has 8 bridgehead atoms. The lowest BCUT2D eigenvalue weighted by Gasteiger charge is -2.27. The molecule has 4 radical (unpaired) electrons. The average molecular weight is 717 g/mol. The van der Waals surface area contributed by atoms with Crippen LogP contribution in [0.15, 0.2) is 194 Å². The fraction of sp³-hybridized carbons (Fsp3) is 0.0714. The minimum atomic E-state index is 1.20. The highest BCUT2D eigenvalue weighted by Crippen LogP contribution is 2.43. The molecule has 0 saturated heterocycles. The van der Waals surface area contributed by atoms with Gasteiger partial charge in [-0.1, -0.05) is 216 Å². The molecule has 0 atom stereocenters. The van der Waals surface area contributed by atoms with Crippen molar-refractivity contribution in [3.63, 3.8) is 0 Å². The Morgan fingerprint density at radius 3 is 0.500 bits per heavy atom. The summed E-state index contributed by atoms with van der Waals surface area (Å²) in [5.41, 5.74) is 19.3. The summed E-state index contributed by atoms with van der Waals surface area (Å²) in [6.45, 7) is 8.93. The minimum absolute atomic E-state index is 1.20. The minimum Gasteiger partial charge on any atom is -0.0622 e. The lowest BCUT2D eigenvalue weighted by atomic mass is 9.75. The van der Waals surface area contributed by atoms with Crippen LogP contribution in [0.4, 0.5) is 0 Å². The van der Waals surface area contributed by atoms with Crippen molar-refractivity contribution >= 4 is 0 Å². The normalized spacial score (nSPS) is 13.8. The Labute approximate surface area is 333 Å². The first-order valence-corrected chi connectivity index (χ1v) is 19.6. The molecule has 1 aliphatic carbocycles. The predicted octanol–water partition coefficient (Wildman–Crippen LogP) is 13.3. The van der Waals surface area contributed by atoms with Crippen LogP contribution < -0.4 is 0 Å². The van der Waals surface area contributed by atoms with Gasteiger partial charge in [0.2, 0.25) is 0 Å². The van der Waals surface area contributed by atoms with E-state index in [0.717, 1.165) is 0 Å². The van der Waals surface area contributed by atoms with Gasteiger partial charge < -0.3 is 0 Å². The summed E-state index contributed by atoms with van der Waals surface area (Å²) in [7, 11) is 0. The number of fused-ring (bicyclic) bond motifs is 8. The third-order valence-electron chi connectivity index (χ3n) is 10.9. The molecule has 0 fully saturated rings. The molecule has 8 aromatic carbocycles. The molecule has 9 rings (SSSR count). The van der Waals surface area contributed by atoms with Crippen molar-refractivity contribution < 1.29 is 0 Å². The van der Waals surface area contributed by atoms with E-state index in [-0.39, 0.29) is 0 Å². The van der Waals surface area contributed by atoms with Gasteiger partial charge in [0.1, 0.15) is 0 Å². The van der Waals surface area contributed by atoms with Crippen LogP contribution >= 0.6 is 0 Å². The van der Waals surface area contributed by atoms with Gasteiger partial charge >= 0.3 is 0 Å². The summed E-state index contributed by atoms with van der Waals surface area (Å²) >= 11 is 0. The smallest absolute Gasteiger partial charge is 0.0622 e. The molecule has 0 nitrogen and oxygen atoms in total. The number of rotatable bonds is 4. The summed E-state index contributed by atoms with van der Waals surface area (Å²) in [5, 5.41) is 0. The SMILES string of the molecule is Cc1cc2cc(c1)[C](c1ccccc1)c1cc(C)cc(c1)[C](c1ccccc1)c1cc(C)cc(c1)[C](c1ccccc1)c1cc(C)cc(c1)[C]2c1ccccc1. The third-order valence-corrected chi connectivity index (χ3v) is 10.9. The first kappa shape index (κ1) is 35.5. The maximum Gasteiger partial charge on any atom is 0.0629 e. The number of hydrogen-bond donors (Lipinski definition) is 0. The average Bonchev–Trinajstić information content (AvgIpc) is 3.19.